The second kappa shape index (κ2) is 11.9. The molecule has 4 aromatic rings. The molecule has 1 amide bonds. The van der Waals surface area contributed by atoms with E-state index in [1.807, 2.05) is 50.0 Å². The van der Waals surface area contributed by atoms with Crippen LogP contribution >= 0.6 is 11.6 Å². The number of nitrogens with zero attached hydrogens (tertiary/aromatic N) is 6. The molecule has 0 radical (unpaired) electrons. The molecule has 0 unspecified atom stereocenters. The van der Waals surface area contributed by atoms with Gasteiger partial charge in [-0.05, 0) is 62.9 Å². The summed E-state index contributed by atoms with van der Waals surface area (Å²) in [6.45, 7) is 7.08. The third-order valence-corrected chi connectivity index (χ3v) is 8.16. The molecule has 43 heavy (non-hydrogen) atoms. The molecule has 2 atom stereocenters. The Kier molecular flexibility index (Phi) is 8.39. The number of nitrogens with one attached hydrogen (secondary N) is 2. The van der Waals surface area contributed by atoms with E-state index in [1.54, 1.807) is 17.7 Å². The van der Waals surface area contributed by atoms with Crippen molar-refractivity contribution in [2.75, 3.05) is 29.6 Å². The second-order valence-electron chi connectivity index (χ2n) is 11.0. The number of rotatable bonds is 7. The Bertz CT molecular complexity index is 1880. The number of carbonyl (C=O) groups is 1. The maximum absolute atomic E-state index is 13.7. The minimum Gasteiger partial charge on any atom is -0.377 e. The van der Waals surface area contributed by atoms with Crippen molar-refractivity contribution in [3.05, 3.63) is 80.4 Å². The average molecular weight is 625 g/mol. The van der Waals surface area contributed by atoms with Gasteiger partial charge in [-0.1, -0.05) is 17.7 Å². The zero-order valence-corrected chi connectivity index (χ0v) is 26.1. The second-order valence-corrected chi connectivity index (χ2v) is 13.2. The summed E-state index contributed by atoms with van der Waals surface area (Å²) in [7, 11) is -2.11. The first-order chi connectivity index (χ1) is 20.3. The fraction of sp³-hybridized carbons (Fsp3) is 0.379. The first kappa shape index (κ1) is 30.4. The molecule has 1 aliphatic heterocycles. The van der Waals surface area contributed by atoms with Crippen molar-refractivity contribution in [1.29, 1.82) is 0 Å². The van der Waals surface area contributed by atoms with Crippen LogP contribution in [0, 0.1) is 13.8 Å². The average Bonchev–Trinajstić information content (AvgIpc) is 2.95. The Labute approximate surface area is 254 Å². The molecule has 2 N–H and O–H groups in total. The zero-order valence-electron chi connectivity index (χ0n) is 24.5. The van der Waals surface area contributed by atoms with Gasteiger partial charge in [0.1, 0.15) is 11.0 Å². The fourth-order valence-electron chi connectivity index (χ4n) is 5.39. The highest BCUT2D eigenvalue weighted by molar-refractivity contribution is 7.89. The highest BCUT2D eigenvalue weighted by Crippen LogP contribution is 2.31. The van der Waals surface area contributed by atoms with Crippen LogP contribution in [0.2, 0.25) is 5.15 Å². The van der Waals surface area contributed by atoms with Gasteiger partial charge in [0.15, 0.2) is 5.69 Å². The van der Waals surface area contributed by atoms with Crippen LogP contribution in [0.1, 0.15) is 64.7 Å². The Balaban J connectivity index is 1.53. The first-order valence-corrected chi connectivity index (χ1v) is 16.1. The van der Waals surface area contributed by atoms with Gasteiger partial charge in [0.05, 0.1) is 28.9 Å². The Morgan fingerprint density at radius 2 is 1.84 bits per heavy atom. The number of carbonyl (C=O) groups excluding carboxylic acids is 1. The molecule has 3 aromatic heterocycles. The van der Waals surface area contributed by atoms with E-state index in [2.05, 4.69) is 25.2 Å². The Morgan fingerprint density at radius 3 is 2.53 bits per heavy atom. The van der Waals surface area contributed by atoms with Crippen molar-refractivity contribution in [1.82, 2.24) is 29.2 Å². The number of anilines is 2. The van der Waals surface area contributed by atoms with E-state index < -0.39 is 22.0 Å². The lowest BCUT2D eigenvalue weighted by molar-refractivity contribution is 0.0977. The van der Waals surface area contributed by atoms with E-state index in [0.717, 1.165) is 48.2 Å². The molecule has 0 bridgehead atoms. The van der Waals surface area contributed by atoms with Gasteiger partial charge in [-0.2, -0.15) is 0 Å². The van der Waals surface area contributed by atoms with E-state index in [4.69, 9.17) is 16.6 Å². The van der Waals surface area contributed by atoms with Gasteiger partial charge >= 0.3 is 0 Å². The Morgan fingerprint density at radius 1 is 1.12 bits per heavy atom. The molecule has 14 heteroatoms. The molecule has 0 saturated carbocycles. The number of aryl methyl sites for hydroxylation is 2. The highest BCUT2D eigenvalue weighted by Gasteiger charge is 2.27. The van der Waals surface area contributed by atoms with E-state index >= 15 is 0 Å². The van der Waals surface area contributed by atoms with Crippen LogP contribution in [0.15, 0.2) is 41.5 Å². The molecular formula is C29H33ClN8O4S. The van der Waals surface area contributed by atoms with Crippen molar-refractivity contribution >= 4 is 50.1 Å². The lowest BCUT2D eigenvalue weighted by atomic mass is 9.97. The van der Waals surface area contributed by atoms with Crippen molar-refractivity contribution in [2.45, 2.75) is 45.6 Å². The van der Waals surface area contributed by atoms with Gasteiger partial charge in [-0.15, -0.1) is 0 Å². The van der Waals surface area contributed by atoms with Gasteiger partial charge in [0.25, 0.3) is 11.5 Å². The summed E-state index contributed by atoms with van der Waals surface area (Å²) < 4.78 is 26.9. The van der Waals surface area contributed by atoms with Gasteiger partial charge in [-0.3, -0.25) is 14.2 Å². The summed E-state index contributed by atoms with van der Waals surface area (Å²) in [5.74, 6) is 0.518. The number of benzene rings is 1. The topological polar surface area (TPSA) is 152 Å². The van der Waals surface area contributed by atoms with Crippen molar-refractivity contribution in [3.63, 3.8) is 0 Å². The number of pyridine rings is 1. The first-order valence-electron chi connectivity index (χ1n) is 13.8. The van der Waals surface area contributed by atoms with Gasteiger partial charge < -0.3 is 10.2 Å². The van der Waals surface area contributed by atoms with Crippen LogP contribution in [0.4, 0.5) is 11.6 Å². The zero-order chi connectivity index (χ0) is 31.1. The van der Waals surface area contributed by atoms with Gasteiger partial charge in [0.2, 0.25) is 16.0 Å². The fourth-order valence-corrected chi connectivity index (χ4v) is 5.97. The van der Waals surface area contributed by atoms with Crippen LogP contribution in [0.25, 0.3) is 10.9 Å². The predicted octanol–water partition coefficient (Wildman–Crippen LogP) is 3.64. The van der Waals surface area contributed by atoms with Crippen LogP contribution in [-0.2, 0) is 17.1 Å². The largest absolute Gasteiger partial charge is 0.377 e. The molecule has 0 aliphatic carbocycles. The maximum Gasteiger partial charge on any atom is 0.285 e. The van der Waals surface area contributed by atoms with Crippen LogP contribution in [-0.4, -0.2) is 58.2 Å². The normalized spacial score (nSPS) is 16.2. The molecule has 1 aromatic carbocycles. The molecule has 4 heterocycles. The molecule has 1 fully saturated rings. The van der Waals surface area contributed by atoms with Gasteiger partial charge in [-0.25, -0.2) is 33.1 Å². The monoisotopic (exact) mass is 624 g/mol. The van der Waals surface area contributed by atoms with Crippen molar-refractivity contribution in [3.8, 4) is 0 Å². The third-order valence-electron chi connectivity index (χ3n) is 7.39. The summed E-state index contributed by atoms with van der Waals surface area (Å²) in [5, 5.41) is 3.75. The van der Waals surface area contributed by atoms with E-state index in [1.165, 1.54) is 6.07 Å². The van der Waals surface area contributed by atoms with Crippen LogP contribution in [0.5, 0.6) is 0 Å². The number of aromatic nitrogens is 5. The highest BCUT2D eigenvalue weighted by atomic mass is 35.5. The number of piperidine rings is 1. The molecule has 1 aliphatic rings. The number of hydrogen-bond acceptors (Lipinski definition) is 10. The quantitative estimate of drug-likeness (QED) is 0.292. The lowest BCUT2D eigenvalue weighted by Crippen LogP contribution is -2.39. The summed E-state index contributed by atoms with van der Waals surface area (Å²) in [6.07, 6.45) is 6.36. The van der Waals surface area contributed by atoms with E-state index in [-0.39, 0.29) is 28.0 Å². The number of fused-ring (bicyclic) bond motifs is 1. The number of hydrogen-bond donors (Lipinski definition) is 2. The lowest BCUT2D eigenvalue weighted by Gasteiger charge is -2.33. The summed E-state index contributed by atoms with van der Waals surface area (Å²) >= 11 is 6.04. The minimum atomic E-state index is -3.83. The summed E-state index contributed by atoms with van der Waals surface area (Å²) in [6, 6.07) is 6.35. The van der Waals surface area contributed by atoms with Crippen molar-refractivity contribution in [2.24, 2.45) is 7.05 Å². The molecule has 12 nitrogen and oxygen atoms in total. The number of amides is 1. The molecule has 1 saturated heterocycles. The third kappa shape index (κ3) is 6.62. The number of sulfonamides is 1. The Hall–Kier alpha value is -4.10. The summed E-state index contributed by atoms with van der Waals surface area (Å²) in [4.78, 5) is 46.7. The van der Waals surface area contributed by atoms with Crippen LogP contribution < -0.4 is 20.5 Å². The smallest absolute Gasteiger partial charge is 0.285 e. The SMILES string of the molecule is Cc1cnc([C@H]2CCCN(c3nc4c([C@@H](C)Nc5ccc(Cl)nc5C(=O)NS(C)(=O)=O)cc(C)cc4c(=O)n3C)C2)nc1. The molecular weight excluding hydrogens is 592 g/mol. The van der Waals surface area contributed by atoms with E-state index in [9.17, 15) is 18.0 Å². The van der Waals surface area contributed by atoms with Crippen molar-refractivity contribution < 1.29 is 13.2 Å². The number of halogens is 1. The standard InChI is InChI=1S/C29H33ClN8O4S/c1-16-11-20(18(3)33-22-8-9-23(30)34-25(22)27(39)36-43(5,41)42)24-21(12-16)28(40)37(4)29(35-24)38-10-6-7-19(15-38)26-31-13-17(2)14-32-26/h8-9,11-14,18-19,33H,6-7,10,15H2,1-5H3,(H,36,39)/t18-,19+/m1/s1. The molecule has 226 valence electrons. The van der Waals surface area contributed by atoms with Crippen LogP contribution in [0.3, 0.4) is 0 Å². The minimum absolute atomic E-state index is 0.0311. The molecule has 5 rings (SSSR count). The summed E-state index contributed by atoms with van der Waals surface area (Å²) in [5.41, 5.74) is 3.04. The molecule has 0 spiro atoms. The van der Waals surface area contributed by atoms with Gasteiger partial charge in [0, 0.05) is 44.0 Å². The van der Waals surface area contributed by atoms with E-state index in [0.29, 0.717) is 23.4 Å². The maximum atomic E-state index is 13.7. The predicted molar refractivity (Wildman–Crippen MR) is 166 cm³/mol.